The molecular formula is C15H18ClN3OS. The normalized spacial score (nSPS) is 10.5. The van der Waals surface area contributed by atoms with Gasteiger partial charge in [0.2, 0.25) is 0 Å². The van der Waals surface area contributed by atoms with Crippen LogP contribution < -0.4 is 5.32 Å². The lowest BCUT2D eigenvalue weighted by atomic mass is 10.1. The van der Waals surface area contributed by atoms with E-state index in [1.54, 1.807) is 35.4 Å². The molecule has 0 aliphatic heterocycles. The average Bonchev–Trinajstić information content (AvgIpc) is 2.85. The SMILES string of the molecule is CCNc1ccc(Cl)cc1C(=O)N(C)Cc1csc(C)n1. The molecule has 0 radical (unpaired) electrons. The molecule has 6 heteroatoms. The first-order valence-electron chi connectivity index (χ1n) is 6.71. The number of nitrogens with one attached hydrogen (secondary N) is 1. The lowest BCUT2D eigenvalue weighted by Crippen LogP contribution is -2.27. The minimum absolute atomic E-state index is 0.0703. The number of hydrogen-bond acceptors (Lipinski definition) is 4. The molecule has 0 fully saturated rings. The van der Waals surface area contributed by atoms with Gasteiger partial charge in [-0.2, -0.15) is 0 Å². The van der Waals surface area contributed by atoms with Crippen molar-refractivity contribution in [1.82, 2.24) is 9.88 Å². The Balaban J connectivity index is 2.20. The van der Waals surface area contributed by atoms with Crippen molar-refractivity contribution in [2.75, 3.05) is 18.9 Å². The van der Waals surface area contributed by atoms with Crippen molar-refractivity contribution in [2.45, 2.75) is 20.4 Å². The first kappa shape index (κ1) is 15.8. The number of hydrogen-bond donors (Lipinski definition) is 1. The molecular weight excluding hydrogens is 306 g/mol. The highest BCUT2D eigenvalue weighted by atomic mass is 35.5. The predicted octanol–water partition coefficient (Wildman–Crippen LogP) is 3.81. The number of amides is 1. The Morgan fingerprint density at radius 1 is 1.48 bits per heavy atom. The molecule has 1 amide bonds. The molecule has 0 saturated carbocycles. The van der Waals surface area contributed by atoms with Crippen molar-refractivity contribution >= 4 is 34.5 Å². The van der Waals surface area contributed by atoms with Gasteiger partial charge in [0.1, 0.15) is 0 Å². The van der Waals surface area contributed by atoms with Gasteiger partial charge in [0.05, 0.1) is 22.8 Å². The number of thiazole rings is 1. The van der Waals surface area contributed by atoms with Crippen LogP contribution in [0.4, 0.5) is 5.69 Å². The van der Waals surface area contributed by atoms with E-state index < -0.39 is 0 Å². The van der Waals surface area contributed by atoms with E-state index in [0.717, 1.165) is 22.9 Å². The monoisotopic (exact) mass is 323 g/mol. The molecule has 1 heterocycles. The summed E-state index contributed by atoms with van der Waals surface area (Å²) < 4.78 is 0. The van der Waals surface area contributed by atoms with Gasteiger partial charge in [-0.3, -0.25) is 4.79 Å². The number of benzene rings is 1. The smallest absolute Gasteiger partial charge is 0.256 e. The van der Waals surface area contributed by atoms with Crippen LogP contribution in [-0.4, -0.2) is 29.4 Å². The zero-order valence-electron chi connectivity index (χ0n) is 12.3. The largest absolute Gasteiger partial charge is 0.385 e. The summed E-state index contributed by atoms with van der Waals surface area (Å²) in [5.74, 6) is -0.0703. The van der Waals surface area contributed by atoms with Gasteiger partial charge < -0.3 is 10.2 Å². The second-order valence-electron chi connectivity index (χ2n) is 4.74. The summed E-state index contributed by atoms with van der Waals surface area (Å²) >= 11 is 7.61. The molecule has 0 aliphatic carbocycles. The van der Waals surface area contributed by atoms with Gasteiger partial charge >= 0.3 is 0 Å². The summed E-state index contributed by atoms with van der Waals surface area (Å²) in [4.78, 5) is 18.6. The first-order valence-corrected chi connectivity index (χ1v) is 7.97. The van der Waals surface area contributed by atoms with Crippen molar-refractivity contribution in [2.24, 2.45) is 0 Å². The fourth-order valence-corrected chi connectivity index (χ4v) is 2.82. The Hall–Kier alpha value is -1.59. The van der Waals surface area contributed by atoms with Crippen LogP contribution in [-0.2, 0) is 6.54 Å². The van der Waals surface area contributed by atoms with Gasteiger partial charge in [-0.25, -0.2) is 4.98 Å². The summed E-state index contributed by atoms with van der Waals surface area (Å²) in [6, 6.07) is 5.31. The number of aromatic nitrogens is 1. The molecule has 112 valence electrons. The fourth-order valence-electron chi connectivity index (χ4n) is 2.04. The van der Waals surface area contributed by atoms with E-state index in [0.29, 0.717) is 17.1 Å². The van der Waals surface area contributed by atoms with Crippen LogP contribution in [0.25, 0.3) is 0 Å². The summed E-state index contributed by atoms with van der Waals surface area (Å²) in [5, 5.41) is 6.72. The molecule has 0 bridgehead atoms. The van der Waals surface area contributed by atoms with Gasteiger partial charge in [-0.1, -0.05) is 11.6 Å². The number of carbonyl (C=O) groups is 1. The summed E-state index contributed by atoms with van der Waals surface area (Å²) in [6.07, 6.45) is 0. The van der Waals surface area contributed by atoms with E-state index in [9.17, 15) is 4.79 Å². The van der Waals surface area contributed by atoms with Crippen LogP contribution in [0.1, 0.15) is 28.0 Å². The Labute approximate surface area is 133 Å². The minimum atomic E-state index is -0.0703. The van der Waals surface area contributed by atoms with Crippen LogP contribution in [0, 0.1) is 6.92 Å². The van der Waals surface area contributed by atoms with E-state index in [-0.39, 0.29) is 5.91 Å². The van der Waals surface area contributed by atoms with E-state index in [2.05, 4.69) is 10.3 Å². The number of carbonyl (C=O) groups excluding carboxylic acids is 1. The Morgan fingerprint density at radius 2 is 2.24 bits per heavy atom. The zero-order valence-corrected chi connectivity index (χ0v) is 13.9. The molecule has 2 aromatic rings. The van der Waals surface area contributed by atoms with Crippen LogP contribution in [0.2, 0.25) is 5.02 Å². The van der Waals surface area contributed by atoms with E-state index in [1.807, 2.05) is 25.3 Å². The van der Waals surface area contributed by atoms with E-state index in [1.165, 1.54) is 0 Å². The van der Waals surface area contributed by atoms with E-state index in [4.69, 9.17) is 11.6 Å². The third kappa shape index (κ3) is 3.95. The number of halogens is 1. The van der Waals surface area contributed by atoms with Crippen molar-refractivity contribution in [3.8, 4) is 0 Å². The Bertz CT molecular complexity index is 642. The molecule has 0 atom stereocenters. The maximum atomic E-state index is 12.6. The van der Waals surface area contributed by atoms with Gasteiger partial charge in [-0.15, -0.1) is 11.3 Å². The number of anilines is 1. The fraction of sp³-hybridized carbons (Fsp3) is 0.333. The topological polar surface area (TPSA) is 45.2 Å². The van der Waals surface area contributed by atoms with Gasteiger partial charge in [0.15, 0.2) is 0 Å². The van der Waals surface area contributed by atoms with Crippen molar-refractivity contribution in [3.05, 3.63) is 44.9 Å². The van der Waals surface area contributed by atoms with Crippen molar-refractivity contribution in [3.63, 3.8) is 0 Å². The third-order valence-corrected chi connectivity index (χ3v) is 4.05. The third-order valence-electron chi connectivity index (χ3n) is 2.99. The number of rotatable bonds is 5. The zero-order chi connectivity index (χ0) is 15.4. The molecule has 0 spiro atoms. The molecule has 0 aliphatic rings. The van der Waals surface area contributed by atoms with Crippen LogP contribution >= 0.6 is 22.9 Å². The highest BCUT2D eigenvalue weighted by molar-refractivity contribution is 7.09. The number of nitrogens with zero attached hydrogens (tertiary/aromatic N) is 2. The standard InChI is InChI=1S/C15H18ClN3OS/c1-4-17-14-6-5-11(16)7-13(14)15(20)19(3)8-12-9-21-10(2)18-12/h5-7,9,17H,4,8H2,1-3H3. The minimum Gasteiger partial charge on any atom is -0.385 e. The van der Waals surface area contributed by atoms with Crippen LogP contribution in [0.5, 0.6) is 0 Å². The van der Waals surface area contributed by atoms with Crippen LogP contribution in [0.3, 0.4) is 0 Å². The van der Waals surface area contributed by atoms with Crippen molar-refractivity contribution in [1.29, 1.82) is 0 Å². The lowest BCUT2D eigenvalue weighted by Gasteiger charge is -2.18. The molecule has 2 rings (SSSR count). The van der Waals surface area contributed by atoms with Crippen LogP contribution in [0.15, 0.2) is 23.6 Å². The molecule has 4 nitrogen and oxygen atoms in total. The second-order valence-corrected chi connectivity index (χ2v) is 6.24. The Kier molecular flexibility index (Phi) is 5.20. The van der Waals surface area contributed by atoms with Gasteiger partial charge in [-0.05, 0) is 32.0 Å². The van der Waals surface area contributed by atoms with E-state index >= 15 is 0 Å². The first-order chi connectivity index (χ1) is 10.0. The average molecular weight is 324 g/mol. The molecule has 0 unspecified atom stereocenters. The highest BCUT2D eigenvalue weighted by Gasteiger charge is 2.17. The molecule has 1 aromatic heterocycles. The lowest BCUT2D eigenvalue weighted by molar-refractivity contribution is 0.0784. The maximum Gasteiger partial charge on any atom is 0.256 e. The summed E-state index contributed by atoms with van der Waals surface area (Å²) in [6.45, 7) is 5.18. The highest BCUT2D eigenvalue weighted by Crippen LogP contribution is 2.22. The van der Waals surface area contributed by atoms with Crippen molar-refractivity contribution < 1.29 is 4.79 Å². The quantitative estimate of drug-likeness (QED) is 0.910. The molecule has 1 N–H and O–H groups in total. The summed E-state index contributed by atoms with van der Waals surface area (Å²) in [7, 11) is 1.77. The molecule has 21 heavy (non-hydrogen) atoms. The summed E-state index contributed by atoms with van der Waals surface area (Å²) in [5.41, 5.74) is 2.28. The number of aryl methyl sites for hydroxylation is 1. The second kappa shape index (κ2) is 6.91. The van der Waals surface area contributed by atoms with Gasteiger partial charge in [0, 0.05) is 29.7 Å². The molecule has 1 aromatic carbocycles. The maximum absolute atomic E-state index is 12.6. The molecule has 0 saturated heterocycles. The predicted molar refractivity (Wildman–Crippen MR) is 88.3 cm³/mol. The Morgan fingerprint density at radius 3 is 2.86 bits per heavy atom. The van der Waals surface area contributed by atoms with Gasteiger partial charge in [0.25, 0.3) is 5.91 Å².